The van der Waals surface area contributed by atoms with Gasteiger partial charge in [0.05, 0.1) is 16.8 Å². The Labute approximate surface area is 184 Å². The van der Waals surface area contributed by atoms with E-state index in [-0.39, 0.29) is 5.56 Å². The Morgan fingerprint density at radius 3 is 2.90 bits per heavy atom. The number of carbonyl (C=O) groups is 1. The number of anilines is 1. The van der Waals surface area contributed by atoms with Gasteiger partial charge in [-0.1, -0.05) is 46.7 Å². The number of halogens is 1. The fourth-order valence-corrected chi connectivity index (χ4v) is 4.25. The number of rotatable bonds is 6. The number of hydrogen-bond acceptors (Lipinski definition) is 6. The zero-order chi connectivity index (χ0) is 21.3. The average molecular weight is 490 g/mol. The zero-order valence-electron chi connectivity index (χ0n) is 15.9. The van der Waals surface area contributed by atoms with Crippen LogP contribution in [0.2, 0.25) is 0 Å². The molecule has 8 nitrogen and oxygen atoms in total. The van der Waals surface area contributed by atoms with Crippen molar-refractivity contribution in [1.29, 1.82) is 0 Å². The highest BCUT2D eigenvalue weighted by Gasteiger charge is 2.39. The minimum atomic E-state index is -1.07. The normalized spacial score (nSPS) is 14.4. The molecule has 0 unspecified atom stereocenters. The highest BCUT2D eigenvalue weighted by atomic mass is 79.9. The van der Waals surface area contributed by atoms with Crippen molar-refractivity contribution in [2.45, 2.75) is 18.2 Å². The second kappa shape index (κ2) is 8.49. The predicted molar refractivity (Wildman–Crippen MR) is 116 cm³/mol. The van der Waals surface area contributed by atoms with Crippen molar-refractivity contribution in [3.8, 4) is 17.0 Å². The molecule has 0 aliphatic carbocycles. The fourth-order valence-electron chi connectivity index (χ4n) is 3.30. The van der Waals surface area contributed by atoms with Gasteiger partial charge in [0.1, 0.15) is 5.75 Å². The number of aromatic amines is 1. The highest BCUT2D eigenvalue weighted by Crippen LogP contribution is 2.36. The number of nitrogens with zero attached hydrogens (tertiary/aromatic N) is 2. The monoisotopic (exact) mass is 489 g/mol. The maximum absolute atomic E-state index is 13.0. The molecule has 10 heteroatoms. The second-order valence-corrected chi connectivity index (χ2v) is 8.61. The van der Waals surface area contributed by atoms with Crippen molar-refractivity contribution in [3.63, 3.8) is 0 Å². The van der Waals surface area contributed by atoms with Crippen molar-refractivity contribution >= 4 is 39.3 Å². The first-order valence-electron chi connectivity index (χ1n) is 9.17. The molecule has 1 aromatic heterocycles. The molecular weight excluding hydrogens is 472 g/mol. The van der Waals surface area contributed by atoms with E-state index in [1.54, 1.807) is 16.8 Å². The lowest BCUT2D eigenvalue weighted by Crippen LogP contribution is -2.55. The molecule has 2 heterocycles. The molecule has 30 heavy (non-hydrogen) atoms. The molecule has 3 aromatic rings. The Bertz CT molecular complexity index is 1180. The van der Waals surface area contributed by atoms with E-state index in [4.69, 9.17) is 9.84 Å². The lowest BCUT2D eigenvalue weighted by molar-refractivity contribution is -0.759. The Kier molecular flexibility index (Phi) is 5.78. The summed E-state index contributed by atoms with van der Waals surface area (Å²) in [6.45, 7) is 1.51. The maximum atomic E-state index is 13.0. The molecule has 0 amide bonds. The fraction of sp³-hybridized carbons (Fsp3) is 0.200. The summed E-state index contributed by atoms with van der Waals surface area (Å²) in [5.41, 5.74) is 2.30. The Balaban J connectivity index is 1.91. The van der Waals surface area contributed by atoms with E-state index in [2.05, 4.69) is 31.3 Å². The van der Waals surface area contributed by atoms with Crippen LogP contribution in [0.15, 0.2) is 56.9 Å². The number of nitrogens with one attached hydrogen (secondary N) is 2. The van der Waals surface area contributed by atoms with Crippen LogP contribution in [0.5, 0.6) is 5.75 Å². The number of fused-ring (bicyclic) bond motifs is 3. The van der Waals surface area contributed by atoms with Gasteiger partial charge < -0.3 is 15.2 Å². The molecule has 0 radical (unpaired) electrons. The van der Waals surface area contributed by atoms with Crippen LogP contribution in [0.25, 0.3) is 11.3 Å². The predicted octanol–water partition coefficient (Wildman–Crippen LogP) is 3.03. The first kappa shape index (κ1) is 20.4. The van der Waals surface area contributed by atoms with Crippen molar-refractivity contribution in [2.24, 2.45) is 0 Å². The van der Waals surface area contributed by atoms with Crippen molar-refractivity contribution < 1.29 is 19.3 Å². The van der Waals surface area contributed by atoms with Gasteiger partial charge in [-0.15, -0.1) is 0 Å². The van der Waals surface area contributed by atoms with Crippen molar-refractivity contribution in [2.75, 3.05) is 17.7 Å². The smallest absolute Gasteiger partial charge is 0.341 e. The third-order valence-corrected chi connectivity index (χ3v) is 5.72. The number of ether oxygens (including phenoxy) is 1. The third-order valence-electron chi connectivity index (χ3n) is 4.48. The van der Waals surface area contributed by atoms with Gasteiger partial charge in [-0.2, -0.15) is 0 Å². The third kappa shape index (κ3) is 3.92. The first-order valence-corrected chi connectivity index (χ1v) is 10.9. The SMILES string of the molecule is CCSc1n[n+]2c(c(=O)[nH]1)-c1cc(Br)ccc1N[C@@H]2c1ccccc1OCC(=O)O. The van der Waals surface area contributed by atoms with E-state index < -0.39 is 18.7 Å². The van der Waals surface area contributed by atoms with E-state index in [1.807, 2.05) is 37.3 Å². The van der Waals surface area contributed by atoms with Crippen LogP contribution in [-0.2, 0) is 4.79 Å². The van der Waals surface area contributed by atoms with E-state index >= 15 is 0 Å². The molecule has 2 aromatic carbocycles. The topological polar surface area (TPSA) is 108 Å². The lowest BCUT2D eigenvalue weighted by atomic mass is 10.0. The Morgan fingerprint density at radius 2 is 2.13 bits per heavy atom. The molecule has 0 spiro atoms. The van der Waals surface area contributed by atoms with Gasteiger partial charge in [0.15, 0.2) is 6.61 Å². The summed E-state index contributed by atoms with van der Waals surface area (Å²) in [5.74, 6) is 0.0879. The number of thioether (sulfide) groups is 1. The maximum Gasteiger partial charge on any atom is 0.341 e. The number of carboxylic acid groups (broad SMARTS) is 1. The Morgan fingerprint density at radius 1 is 1.33 bits per heavy atom. The Hall–Kier alpha value is -2.85. The molecule has 3 N–H and O–H groups in total. The molecule has 0 saturated heterocycles. The molecule has 1 aliphatic heterocycles. The largest absolute Gasteiger partial charge is 0.481 e. The summed E-state index contributed by atoms with van der Waals surface area (Å²) in [4.78, 5) is 26.9. The van der Waals surface area contributed by atoms with Gasteiger partial charge >= 0.3 is 17.2 Å². The van der Waals surface area contributed by atoms with Gasteiger partial charge in [-0.05, 0) is 40.8 Å². The summed E-state index contributed by atoms with van der Waals surface area (Å²) in [5, 5.41) is 17.6. The van der Waals surface area contributed by atoms with E-state index in [0.717, 1.165) is 15.9 Å². The number of hydrogen-bond donors (Lipinski definition) is 3. The quantitative estimate of drug-likeness (QED) is 0.360. The van der Waals surface area contributed by atoms with E-state index in [0.29, 0.717) is 27.7 Å². The summed E-state index contributed by atoms with van der Waals surface area (Å²) in [7, 11) is 0. The van der Waals surface area contributed by atoms with Crippen LogP contribution >= 0.6 is 27.7 Å². The number of para-hydroxylation sites is 1. The van der Waals surface area contributed by atoms with Crippen LogP contribution < -0.4 is 20.3 Å². The summed E-state index contributed by atoms with van der Waals surface area (Å²) in [6.07, 6.45) is -0.558. The standard InChI is InChI=1S/C20H17BrN4O4S/c1-2-30-20-23-19(28)17-13-9-11(21)7-8-14(13)22-18(25(17)24-20)12-5-3-4-6-15(12)29-10-16(26)27/h3-9,18H,2,10H2,1H3,(H2,23,24,26,27,28)/p+1/t18-/m0/s1. The first-order chi connectivity index (χ1) is 14.5. The van der Waals surface area contributed by atoms with Crippen molar-refractivity contribution in [1.82, 2.24) is 10.1 Å². The van der Waals surface area contributed by atoms with Gasteiger partial charge in [0, 0.05) is 9.57 Å². The highest BCUT2D eigenvalue weighted by molar-refractivity contribution is 9.10. The number of benzene rings is 2. The molecule has 0 bridgehead atoms. The van der Waals surface area contributed by atoms with Crippen molar-refractivity contribution in [3.05, 3.63) is 62.9 Å². The van der Waals surface area contributed by atoms with E-state index in [9.17, 15) is 9.59 Å². The van der Waals surface area contributed by atoms with Gasteiger partial charge in [-0.3, -0.25) is 9.78 Å². The van der Waals surface area contributed by atoms with Crippen LogP contribution in [0.1, 0.15) is 18.7 Å². The molecule has 1 aliphatic rings. The van der Waals surface area contributed by atoms with Gasteiger partial charge in [-0.25, -0.2) is 4.79 Å². The minimum absolute atomic E-state index is 0.254. The average Bonchev–Trinajstić information content (AvgIpc) is 2.72. The summed E-state index contributed by atoms with van der Waals surface area (Å²) < 4.78 is 7.97. The van der Waals surface area contributed by atoms with Crippen LogP contribution in [0.3, 0.4) is 0 Å². The molecule has 0 saturated carbocycles. The number of H-pyrrole nitrogens is 1. The number of aliphatic carboxylic acids is 1. The van der Waals surface area contributed by atoms with Gasteiger partial charge in [0.25, 0.3) is 6.17 Å². The zero-order valence-corrected chi connectivity index (χ0v) is 18.3. The van der Waals surface area contributed by atoms with Crippen LogP contribution in [0.4, 0.5) is 5.69 Å². The number of aromatic nitrogens is 3. The van der Waals surface area contributed by atoms with Crippen LogP contribution in [-0.4, -0.2) is 33.5 Å². The molecule has 0 fully saturated rings. The van der Waals surface area contributed by atoms with Crippen LogP contribution in [0, 0.1) is 0 Å². The molecule has 154 valence electrons. The minimum Gasteiger partial charge on any atom is -0.481 e. The van der Waals surface area contributed by atoms with E-state index in [1.165, 1.54) is 11.8 Å². The lowest BCUT2D eigenvalue weighted by Gasteiger charge is -2.23. The molecule has 4 rings (SSSR count). The summed E-state index contributed by atoms with van der Waals surface area (Å²) in [6, 6.07) is 12.7. The molecule has 1 atom stereocenters. The number of carboxylic acids is 1. The summed E-state index contributed by atoms with van der Waals surface area (Å²) >= 11 is 4.89. The second-order valence-electron chi connectivity index (χ2n) is 6.44. The molecular formula is C20H18BrN4O4S+. The van der Waals surface area contributed by atoms with Gasteiger partial charge in [0.2, 0.25) is 5.16 Å².